The molecule has 0 bridgehead atoms. The number of carbonyl (C=O) groups excluding carboxylic acids is 1. The number of hydrogen-bond donors (Lipinski definition) is 2. The Kier molecular flexibility index (Phi) is 5.42. The van der Waals surface area contributed by atoms with Crippen LogP contribution in [0.3, 0.4) is 0 Å². The van der Waals surface area contributed by atoms with E-state index in [0.29, 0.717) is 12.2 Å². The zero-order valence-electron chi connectivity index (χ0n) is 11.3. The van der Waals surface area contributed by atoms with Gasteiger partial charge in [-0.2, -0.15) is 0 Å². The van der Waals surface area contributed by atoms with E-state index < -0.39 is 5.82 Å². The molecule has 0 aliphatic rings. The molecule has 1 amide bonds. The summed E-state index contributed by atoms with van der Waals surface area (Å²) >= 11 is 5.75. The first-order valence-corrected chi connectivity index (χ1v) is 6.51. The predicted molar refractivity (Wildman–Crippen MR) is 77.0 cm³/mol. The molecule has 0 unspecified atom stereocenters. The number of likely N-dealkylation sites (N-methyl/N-ethyl adjacent to an activating group) is 1. The van der Waals surface area contributed by atoms with Gasteiger partial charge in [-0.25, -0.2) is 4.39 Å². The summed E-state index contributed by atoms with van der Waals surface area (Å²) in [5.41, 5.74) is 6.60. The summed E-state index contributed by atoms with van der Waals surface area (Å²) < 4.78 is 13.3. The van der Waals surface area contributed by atoms with E-state index in [1.807, 2.05) is 20.8 Å². The molecule has 0 fully saturated rings. The van der Waals surface area contributed by atoms with Crippen molar-refractivity contribution >= 4 is 28.9 Å². The third kappa shape index (κ3) is 4.28. The highest BCUT2D eigenvalue weighted by Gasteiger charge is 2.15. The maximum absolute atomic E-state index is 13.3. The lowest BCUT2D eigenvalue weighted by Gasteiger charge is -2.24. The lowest BCUT2D eigenvalue weighted by molar-refractivity contribution is -0.120. The van der Waals surface area contributed by atoms with Gasteiger partial charge in [0, 0.05) is 18.7 Å². The van der Waals surface area contributed by atoms with Crippen molar-refractivity contribution in [2.75, 3.05) is 23.7 Å². The van der Waals surface area contributed by atoms with E-state index in [9.17, 15) is 9.18 Å². The smallest absolute Gasteiger partial charge is 0.239 e. The highest BCUT2D eigenvalue weighted by molar-refractivity contribution is 6.31. The Morgan fingerprint density at radius 1 is 1.53 bits per heavy atom. The van der Waals surface area contributed by atoms with Crippen molar-refractivity contribution in [2.45, 2.75) is 26.8 Å². The predicted octanol–water partition coefficient (Wildman–Crippen LogP) is 2.41. The Balaban J connectivity index is 2.91. The highest BCUT2D eigenvalue weighted by Crippen LogP contribution is 2.29. The normalized spacial score (nSPS) is 10.6. The van der Waals surface area contributed by atoms with Gasteiger partial charge in [-0.3, -0.25) is 4.79 Å². The molecule has 1 aromatic carbocycles. The zero-order valence-corrected chi connectivity index (χ0v) is 12.1. The molecule has 106 valence electrons. The van der Waals surface area contributed by atoms with E-state index in [0.717, 1.165) is 0 Å². The largest absolute Gasteiger partial charge is 0.397 e. The third-order valence-electron chi connectivity index (χ3n) is 2.58. The molecule has 1 aromatic rings. The van der Waals surface area contributed by atoms with Gasteiger partial charge in [-0.15, -0.1) is 0 Å². The van der Waals surface area contributed by atoms with Crippen molar-refractivity contribution in [3.63, 3.8) is 0 Å². The fraction of sp³-hybridized carbons (Fsp3) is 0.462. The molecule has 6 heteroatoms. The van der Waals surface area contributed by atoms with Gasteiger partial charge in [0.1, 0.15) is 5.82 Å². The second-order valence-corrected chi connectivity index (χ2v) is 4.97. The van der Waals surface area contributed by atoms with E-state index >= 15 is 0 Å². The first kappa shape index (κ1) is 15.6. The Bertz CT molecular complexity index is 465. The van der Waals surface area contributed by atoms with Crippen LogP contribution < -0.4 is 16.0 Å². The first-order valence-electron chi connectivity index (χ1n) is 6.14. The summed E-state index contributed by atoms with van der Waals surface area (Å²) in [6.07, 6.45) is 0. The van der Waals surface area contributed by atoms with Gasteiger partial charge in [-0.1, -0.05) is 11.6 Å². The summed E-state index contributed by atoms with van der Waals surface area (Å²) in [5.74, 6) is -0.678. The maximum Gasteiger partial charge on any atom is 0.239 e. The number of nitrogen functional groups attached to an aromatic ring is 1. The van der Waals surface area contributed by atoms with Crippen molar-refractivity contribution in [1.82, 2.24) is 5.32 Å². The number of nitrogens with two attached hydrogens (primary N) is 1. The van der Waals surface area contributed by atoms with E-state index in [2.05, 4.69) is 5.32 Å². The van der Waals surface area contributed by atoms with Crippen LogP contribution in [0.5, 0.6) is 0 Å². The number of anilines is 2. The summed E-state index contributed by atoms with van der Waals surface area (Å²) in [4.78, 5) is 13.5. The van der Waals surface area contributed by atoms with Gasteiger partial charge >= 0.3 is 0 Å². The molecule has 1 rings (SSSR count). The molecule has 0 atom stereocenters. The van der Waals surface area contributed by atoms with Crippen molar-refractivity contribution in [2.24, 2.45) is 0 Å². The SMILES string of the molecule is CCN(CC(=O)NC(C)C)c1cc(Cl)c(F)cc1N. The van der Waals surface area contributed by atoms with Gasteiger partial charge in [-0.05, 0) is 26.8 Å². The minimum atomic E-state index is -0.564. The number of hydrogen-bond acceptors (Lipinski definition) is 3. The molecule has 0 saturated carbocycles. The fourth-order valence-corrected chi connectivity index (χ4v) is 1.89. The van der Waals surface area contributed by atoms with E-state index in [4.69, 9.17) is 17.3 Å². The zero-order chi connectivity index (χ0) is 14.6. The van der Waals surface area contributed by atoms with Crippen molar-refractivity contribution in [1.29, 1.82) is 0 Å². The number of amides is 1. The Morgan fingerprint density at radius 2 is 2.16 bits per heavy atom. The molecule has 0 heterocycles. The van der Waals surface area contributed by atoms with Crippen LogP contribution in [0.4, 0.5) is 15.8 Å². The second kappa shape index (κ2) is 6.61. The molecule has 19 heavy (non-hydrogen) atoms. The number of carbonyl (C=O) groups is 1. The van der Waals surface area contributed by atoms with Gasteiger partial charge in [0.05, 0.1) is 22.9 Å². The number of nitrogens with zero attached hydrogens (tertiary/aromatic N) is 1. The monoisotopic (exact) mass is 287 g/mol. The van der Waals surface area contributed by atoms with E-state index in [1.54, 1.807) is 4.90 Å². The topological polar surface area (TPSA) is 58.4 Å². The van der Waals surface area contributed by atoms with Gasteiger partial charge in [0.15, 0.2) is 0 Å². The average molecular weight is 288 g/mol. The molecule has 3 N–H and O–H groups in total. The number of halogens is 2. The van der Waals surface area contributed by atoms with E-state index in [-0.39, 0.29) is 29.2 Å². The van der Waals surface area contributed by atoms with Crippen LogP contribution in [-0.2, 0) is 4.79 Å². The van der Waals surface area contributed by atoms with Gasteiger partial charge < -0.3 is 16.0 Å². The number of rotatable bonds is 5. The summed E-state index contributed by atoms with van der Waals surface area (Å²) in [6, 6.07) is 2.68. The number of benzene rings is 1. The molecular formula is C13H19ClFN3O. The summed E-state index contributed by atoms with van der Waals surface area (Å²) in [6.45, 7) is 6.38. The Hall–Kier alpha value is -1.49. The average Bonchev–Trinajstić information content (AvgIpc) is 2.30. The fourth-order valence-electron chi connectivity index (χ4n) is 1.73. The molecular weight excluding hydrogens is 269 g/mol. The van der Waals surface area contributed by atoms with E-state index in [1.165, 1.54) is 12.1 Å². The van der Waals surface area contributed by atoms with Crippen LogP contribution in [-0.4, -0.2) is 25.0 Å². The second-order valence-electron chi connectivity index (χ2n) is 4.56. The molecule has 0 aliphatic carbocycles. The molecule has 0 aliphatic heterocycles. The molecule has 0 saturated heterocycles. The van der Waals surface area contributed by atoms with Crippen molar-refractivity contribution in [3.05, 3.63) is 23.0 Å². The van der Waals surface area contributed by atoms with Crippen LogP contribution in [0.15, 0.2) is 12.1 Å². The van der Waals surface area contributed by atoms with Crippen molar-refractivity contribution < 1.29 is 9.18 Å². The van der Waals surface area contributed by atoms with Gasteiger partial charge in [0.2, 0.25) is 5.91 Å². The minimum Gasteiger partial charge on any atom is -0.397 e. The summed E-state index contributed by atoms with van der Waals surface area (Å²) in [5, 5.41) is 2.79. The first-order chi connectivity index (χ1) is 8.85. The molecule has 0 radical (unpaired) electrons. The standard InChI is InChI=1S/C13H19ClFN3O/c1-4-18(7-13(19)17-8(2)3)12-5-9(14)10(15)6-11(12)16/h5-6,8H,4,7,16H2,1-3H3,(H,17,19). The lowest BCUT2D eigenvalue weighted by atomic mass is 10.2. The quantitative estimate of drug-likeness (QED) is 0.818. The van der Waals surface area contributed by atoms with Gasteiger partial charge in [0.25, 0.3) is 0 Å². The van der Waals surface area contributed by atoms with Crippen LogP contribution in [0.25, 0.3) is 0 Å². The molecule has 4 nitrogen and oxygen atoms in total. The number of nitrogens with one attached hydrogen (secondary N) is 1. The van der Waals surface area contributed by atoms with Crippen molar-refractivity contribution in [3.8, 4) is 0 Å². The maximum atomic E-state index is 13.3. The summed E-state index contributed by atoms with van der Waals surface area (Å²) in [7, 11) is 0. The molecule has 0 spiro atoms. The lowest BCUT2D eigenvalue weighted by Crippen LogP contribution is -2.40. The van der Waals surface area contributed by atoms with Crippen LogP contribution in [0.2, 0.25) is 5.02 Å². The third-order valence-corrected chi connectivity index (χ3v) is 2.87. The van der Waals surface area contributed by atoms with Crippen LogP contribution in [0, 0.1) is 5.82 Å². The Labute approximate surface area is 117 Å². The highest BCUT2D eigenvalue weighted by atomic mass is 35.5. The van der Waals surface area contributed by atoms with Crippen LogP contribution in [0.1, 0.15) is 20.8 Å². The minimum absolute atomic E-state index is 0.00748. The van der Waals surface area contributed by atoms with Crippen LogP contribution >= 0.6 is 11.6 Å². The molecule has 0 aromatic heterocycles. The Morgan fingerprint density at radius 3 is 2.68 bits per heavy atom.